The van der Waals surface area contributed by atoms with E-state index in [4.69, 9.17) is 10.3 Å². The summed E-state index contributed by atoms with van der Waals surface area (Å²) in [6.45, 7) is 0. The first-order valence-corrected chi connectivity index (χ1v) is 7.63. The first kappa shape index (κ1) is 14.0. The van der Waals surface area contributed by atoms with Gasteiger partial charge in [0.25, 0.3) is 5.89 Å². The van der Waals surface area contributed by atoms with Crippen LogP contribution in [-0.4, -0.2) is 10.1 Å². The van der Waals surface area contributed by atoms with Crippen molar-refractivity contribution >= 4 is 5.69 Å². The van der Waals surface area contributed by atoms with Crippen LogP contribution >= 0.6 is 0 Å². The summed E-state index contributed by atoms with van der Waals surface area (Å²) in [6, 6.07) is 4.49. The van der Waals surface area contributed by atoms with Crippen molar-refractivity contribution in [3.63, 3.8) is 0 Å². The molecule has 1 aromatic carbocycles. The smallest absolute Gasteiger partial charge is 0.260 e. The summed E-state index contributed by atoms with van der Waals surface area (Å²) in [6.07, 6.45) is 8.43. The Labute approximate surface area is 123 Å². The van der Waals surface area contributed by atoms with Crippen LogP contribution in [0.5, 0.6) is 0 Å². The Balaban J connectivity index is 1.81. The second kappa shape index (κ2) is 6.24. The van der Waals surface area contributed by atoms with E-state index < -0.39 is 5.82 Å². The van der Waals surface area contributed by atoms with E-state index in [2.05, 4.69) is 10.1 Å². The molecule has 2 aromatic rings. The number of benzene rings is 1. The number of hydrogen-bond acceptors (Lipinski definition) is 4. The van der Waals surface area contributed by atoms with Gasteiger partial charge in [-0.3, -0.25) is 0 Å². The van der Waals surface area contributed by atoms with Crippen LogP contribution in [-0.2, 0) is 0 Å². The Morgan fingerprint density at radius 3 is 2.52 bits per heavy atom. The van der Waals surface area contributed by atoms with Gasteiger partial charge in [-0.05, 0) is 31.0 Å². The van der Waals surface area contributed by atoms with E-state index in [0.717, 1.165) is 12.8 Å². The van der Waals surface area contributed by atoms with Gasteiger partial charge in [0.05, 0.1) is 5.56 Å². The molecule has 0 saturated heterocycles. The molecule has 21 heavy (non-hydrogen) atoms. The van der Waals surface area contributed by atoms with Crippen molar-refractivity contribution in [2.75, 3.05) is 5.73 Å². The molecular formula is C16H20FN3O. The van der Waals surface area contributed by atoms with E-state index in [-0.39, 0.29) is 5.89 Å². The minimum atomic E-state index is -0.428. The number of halogens is 1. The third kappa shape index (κ3) is 3.23. The van der Waals surface area contributed by atoms with Gasteiger partial charge in [0.1, 0.15) is 5.82 Å². The predicted octanol–water partition coefficient (Wildman–Crippen LogP) is 4.29. The van der Waals surface area contributed by atoms with E-state index in [0.29, 0.717) is 23.0 Å². The lowest BCUT2D eigenvalue weighted by Gasteiger charge is -2.15. The Morgan fingerprint density at radius 2 is 1.81 bits per heavy atom. The molecule has 112 valence electrons. The third-order valence-corrected chi connectivity index (χ3v) is 4.14. The van der Waals surface area contributed by atoms with Crippen LogP contribution in [0.4, 0.5) is 10.1 Å². The second-order valence-corrected chi connectivity index (χ2v) is 5.74. The molecule has 1 heterocycles. The Hall–Kier alpha value is -1.91. The number of nitrogens with zero attached hydrogens (tertiary/aromatic N) is 2. The van der Waals surface area contributed by atoms with E-state index in [1.807, 2.05) is 0 Å². The molecule has 0 radical (unpaired) electrons. The molecule has 0 bridgehead atoms. The zero-order valence-corrected chi connectivity index (χ0v) is 12.0. The molecular weight excluding hydrogens is 269 g/mol. The number of hydrogen-bond donors (Lipinski definition) is 1. The van der Waals surface area contributed by atoms with Crippen molar-refractivity contribution in [1.29, 1.82) is 0 Å². The van der Waals surface area contributed by atoms with Crippen molar-refractivity contribution in [1.82, 2.24) is 10.1 Å². The molecule has 0 amide bonds. The number of anilines is 1. The Morgan fingerprint density at radius 1 is 1.10 bits per heavy atom. The van der Waals surface area contributed by atoms with E-state index in [1.54, 1.807) is 12.1 Å². The van der Waals surface area contributed by atoms with Crippen molar-refractivity contribution in [2.24, 2.45) is 0 Å². The van der Waals surface area contributed by atoms with Crippen LogP contribution < -0.4 is 5.73 Å². The highest BCUT2D eigenvalue weighted by Crippen LogP contribution is 2.31. The number of nitrogens with two attached hydrogens (primary N) is 1. The normalized spacial score (nSPS) is 17.4. The summed E-state index contributed by atoms with van der Waals surface area (Å²) in [5.41, 5.74) is 6.25. The highest BCUT2D eigenvalue weighted by atomic mass is 19.1. The molecule has 1 aliphatic carbocycles. The van der Waals surface area contributed by atoms with Gasteiger partial charge in [0.15, 0.2) is 5.82 Å². The van der Waals surface area contributed by atoms with Crippen molar-refractivity contribution < 1.29 is 8.91 Å². The van der Waals surface area contributed by atoms with Gasteiger partial charge in [-0.1, -0.05) is 37.3 Å². The average molecular weight is 289 g/mol. The summed E-state index contributed by atoms with van der Waals surface area (Å²) in [7, 11) is 0. The molecule has 0 unspecified atom stereocenters. The minimum Gasteiger partial charge on any atom is -0.399 e. The SMILES string of the molecule is Nc1ccc(-c2nc(C3CCCCCCC3)no2)c(F)c1. The van der Waals surface area contributed by atoms with Gasteiger partial charge in [-0.25, -0.2) is 4.39 Å². The summed E-state index contributed by atoms with van der Waals surface area (Å²) < 4.78 is 19.2. The second-order valence-electron chi connectivity index (χ2n) is 5.74. The fourth-order valence-corrected chi connectivity index (χ4v) is 2.93. The van der Waals surface area contributed by atoms with Crippen molar-refractivity contribution in [3.8, 4) is 11.5 Å². The van der Waals surface area contributed by atoms with Gasteiger partial charge in [0.2, 0.25) is 0 Å². The van der Waals surface area contributed by atoms with Crippen LogP contribution in [0.1, 0.15) is 56.7 Å². The minimum absolute atomic E-state index is 0.240. The fourth-order valence-electron chi connectivity index (χ4n) is 2.93. The summed E-state index contributed by atoms with van der Waals surface area (Å²) >= 11 is 0. The van der Waals surface area contributed by atoms with Crippen molar-refractivity contribution in [2.45, 2.75) is 50.9 Å². The molecule has 0 spiro atoms. The maximum Gasteiger partial charge on any atom is 0.260 e. The summed E-state index contributed by atoms with van der Waals surface area (Å²) in [5.74, 6) is 0.857. The van der Waals surface area contributed by atoms with Crippen molar-refractivity contribution in [3.05, 3.63) is 29.8 Å². The zero-order chi connectivity index (χ0) is 14.7. The van der Waals surface area contributed by atoms with Gasteiger partial charge < -0.3 is 10.3 Å². The largest absolute Gasteiger partial charge is 0.399 e. The highest BCUT2D eigenvalue weighted by Gasteiger charge is 2.21. The highest BCUT2D eigenvalue weighted by molar-refractivity contribution is 5.58. The third-order valence-electron chi connectivity index (χ3n) is 4.14. The van der Waals surface area contributed by atoms with Crippen LogP contribution in [0.2, 0.25) is 0 Å². The Kier molecular flexibility index (Phi) is 4.18. The molecule has 1 fully saturated rings. The van der Waals surface area contributed by atoms with E-state index >= 15 is 0 Å². The quantitative estimate of drug-likeness (QED) is 0.838. The summed E-state index contributed by atoms with van der Waals surface area (Å²) in [5, 5.41) is 4.07. The van der Waals surface area contributed by atoms with Crippen LogP contribution in [0.25, 0.3) is 11.5 Å². The van der Waals surface area contributed by atoms with E-state index in [9.17, 15) is 4.39 Å². The maximum absolute atomic E-state index is 13.9. The molecule has 1 saturated carbocycles. The Bertz CT molecular complexity index is 603. The van der Waals surface area contributed by atoms with Gasteiger partial charge in [-0.15, -0.1) is 0 Å². The molecule has 4 nitrogen and oxygen atoms in total. The number of rotatable bonds is 2. The predicted molar refractivity (Wildman–Crippen MR) is 79.2 cm³/mol. The first-order valence-electron chi connectivity index (χ1n) is 7.63. The zero-order valence-electron chi connectivity index (χ0n) is 12.0. The molecule has 3 rings (SSSR count). The maximum atomic E-state index is 13.9. The number of nitrogen functional groups attached to an aromatic ring is 1. The topological polar surface area (TPSA) is 64.9 Å². The molecule has 1 aliphatic rings. The number of aromatic nitrogens is 2. The summed E-state index contributed by atoms with van der Waals surface area (Å²) in [4.78, 5) is 4.41. The average Bonchev–Trinajstić information content (AvgIpc) is 2.87. The lowest BCUT2D eigenvalue weighted by Crippen LogP contribution is -2.04. The standard InChI is InChI=1S/C16H20FN3O/c17-14-10-12(18)8-9-13(14)16-19-15(20-21-16)11-6-4-2-1-3-5-7-11/h8-11H,1-7,18H2. The molecule has 0 atom stereocenters. The van der Waals surface area contributed by atoms with Gasteiger partial charge in [0, 0.05) is 11.6 Å². The first-order chi connectivity index (χ1) is 10.2. The van der Waals surface area contributed by atoms with E-state index in [1.165, 1.54) is 38.2 Å². The van der Waals surface area contributed by atoms with Crippen LogP contribution in [0, 0.1) is 5.82 Å². The molecule has 0 aliphatic heterocycles. The fraction of sp³-hybridized carbons (Fsp3) is 0.500. The molecule has 5 heteroatoms. The lowest BCUT2D eigenvalue weighted by atomic mass is 9.91. The lowest BCUT2D eigenvalue weighted by molar-refractivity contribution is 0.392. The van der Waals surface area contributed by atoms with Crippen LogP contribution in [0.3, 0.4) is 0 Å². The molecule has 1 aromatic heterocycles. The van der Waals surface area contributed by atoms with Gasteiger partial charge in [-0.2, -0.15) is 4.98 Å². The molecule has 2 N–H and O–H groups in total. The monoisotopic (exact) mass is 289 g/mol. The van der Waals surface area contributed by atoms with Crippen LogP contribution in [0.15, 0.2) is 22.7 Å². The van der Waals surface area contributed by atoms with Gasteiger partial charge >= 0.3 is 0 Å².